The van der Waals surface area contributed by atoms with Crippen LogP contribution < -0.4 is 10.6 Å². The van der Waals surface area contributed by atoms with Crippen molar-refractivity contribution >= 4 is 35.6 Å². The van der Waals surface area contributed by atoms with Crippen LogP contribution in [0.3, 0.4) is 0 Å². The summed E-state index contributed by atoms with van der Waals surface area (Å²) in [4.78, 5) is 21.8. The van der Waals surface area contributed by atoms with E-state index >= 15 is 0 Å². The van der Waals surface area contributed by atoms with Crippen molar-refractivity contribution in [2.24, 2.45) is 4.99 Å². The summed E-state index contributed by atoms with van der Waals surface area (Å²) in [6.45, 7) is 6.40. The topological polar surface area (TPSA) is 105 Å². The molecular formula is C21H29IN6O3. The second-order valence-electron chi connectivity index (χ2n) is 7.00. The number of benzene rings is 1. The Morgan fingerprint density at radius 2 is 1.94 bits per heavy atom. The molecule has 1 saturated heterocycles. The van der Waals surface area contributed by atoms with Crippen LogP contribution in [0, 0.1) is 10.1 Å². The predicted molar refractivity (Wildman–Crippen MR) is 131 cm³/mol. The first kappa shape index (κ1) is 25.0. The number of pyridine rings is 1. The molecule has 168 valence electrons. The number of hydrogen-bond acceptors (Lipinski definition) is 6. The second kappa shape index (κ2) is 13.9. The molecule has 0 amide bonds. The molecule has 2 aromatic rings. The molecule has 1 aliphatic heterocycles. The zero-order valence-electron chi connectivity index (χ0n) is 17.4. The molecule has 2 heterocycles. The van der Waals surface area contributed by atoms with E-state index in [0.717, 1.165) is 57.1 Å². The Bertz CT molecular complexity index is 814. The average molecular weight is 540 g/mol. The fourth-order valence-corrected chi connectivity index (χ4v) is 3.08. The number of nitrogens with one attached hydrogen (secondary N) is 2. The molecule has 0 radical (unpaired) electrons. The number of rotatable bonds is 9. The van der Waals surface area contributed by atoms with Gasteiger partial charge in [0.2, 0.25) is 0 Å². The van der Waals surface area contributed by atoms with Crippen LogP contribution in [0.25, 0.3) is 0 Å². The Morgan fingerprint density at radius 1 is 1.16 bits per heavy atom. The van der Waals surface area contributed by atoms with Gasteiger partial charge in [-0.05, 0) is 30.7 Å². The Kier molecular flexibility index (Phi) is 11.2. The highest BCUT2D eigenvalue weighted by Crippen LogP contribution is 2.12. The maximum Gasteiger partial charge on any atom is 0.269 e. The predicted octanol–water partition coefficient (Wildman–Crippen LogP) is 2.57. The molecule has 0 saturated carbocycles. The molecule has 0 bridgehead atoms. The molecule has 1 aromatic heterocycles. The van der Waals surface area contributed by atoms with Gasteiger partial charge in [-0.2, -0.15) is 0 Å². The van der Waals surface area contributed by atoms with E-state index in [1.807, 2.05) is 18.2 Å². The van der Waals surface area contributed by atoms with Crippen molar-refractivity contribution < 1.29 is 9.66 Å². The van der Waals surface area contributed by atoms with E-state index in [1.54, 1.807) is 18.3 Å². The first-order valence-electron chi connectivity index (χ1n) is 10.2. The third-order valence-electron chi connectivity index (χ3n) is 4.78. The van der Waals surface area contributed by atoms with E-state index in [2.05, 4.69) is 25.5 Å². The van der Waals surface area contributed by atoms with Crippen LogP contribution in [-0.2, 0) is 17.8 Å². The lowest BCUT2D eigenvalue weighted by Crippen LogP contribution is -2.40. The lowest BCUT2D eigenvalue weighted by Gasteiger charge is -2.26. The van der Waals surface area contributed by atoms with Crippen molar-refractivity contribution in [3.63, 3.8) is 0 Å². The number of nitro benzene ring substituents is 1. The fraction of sp³-hybridized carbons (Fsp3) is 0.429. The fourth-order valence-electron chi connectivity index (χ4n) is 3.08. The largest absolute Gasteiger partial charge is 0.379 e. The number of nitrogens with zero attached hydrogens (tertiary/aromatic N) is 4. The molecule has 3 rings (SSSR count). The van der Waals surface area contributed by atoms with Gasteiger partial charge in [0.1, 0.15) is 0 Å². The standard InChI is InChI=1S/C21H28N6O3.HI/c28-27(29)20-7-5-18(6-8-20)16-24-21(25-17-19-4-1-2-9-22-19)23-10-3-11-26-12-14-30-15-13-26;/h1-2,4-9H,3,10-17H2,(H2,23,24,25);1H. The molecule has 1 fully saturated rings. The Labute approximate surface area is 199 Å². The minimum absolute atomic E-state index is 0. The molecule has 31 heavy (non-hydrogen) atoms. The first-order chi connectivity index (χ1) is 14.7. The van der Waals surface area contributed by atoms with Gasteiger partial charge in [-0.25, -0.2) is 4.99 Å². The minimum atomic E-state index is -0.400. The molecule has 1 aliphatic rings. The number of morpholine rings is 1. The SMILES string of the molecule is I.O=[N+]([O-])c1ccc(CN=C(NCCCN2CCOCC2)NCc2ccccn2)cc1. The summed E-state index contributed by atoms with van der Waals surface area (Å²) >= 11 is 0. The van der Waals surface area contributed by atoms with Crippen molar-refractivity contribution in [3.05, 3.63) is 70.0 Å². The summed E-state index contributed by atoms with van der Waals surface area (Å²) in [5, 5.41) is 17.5. The Hall–Kier alpha value is -2.31. The highest BCUT2D eigenvalue weighted by atomic mass is 127. The number of aliphatic imine (C=N–C) groups is 1. The Balaban J connectivity index is 0.00000341. The highest BCUT2D eigenvalue weighted by molar-refractivity contribution is 14.0. The molecule has 10 heteroatoms. The van der Waals surface area contributed by atoms with Gasteiger partial charge in [-0.15, -0.1) is 24.0 Å². The third kappa shape index (κ3) is 9.15. The van der Waals surface area contributed by atoms with Crippen LogP contribution in [0.4, 0.5) is 5.69 Å². The van der Waals surface area contributed by atoms with Crippen LogP contribution in [0.15, 0.2) is 53.7 Å². The van der Waals surface area contributed by atoms with Gasteiger partial charge in [0.25, 0.3) is 5.69 Å². The van der Waals surface area contributed by atoms with Crippen molar-refractivity contribution in [2.45, 2.75) is 19.5 Å². The molecule has 0 unspecified atom stereocenters. The van der Waals surface area contributed by atoms with Gasteiger partial charge >= 0.3 is 0 Å². The van der Waals surface area contributed by atoms with Crippen LogP contribution in [0.1, 0.15) is 17.7 Å². The highest BCUT2D eigenvalue weighted by Gasteiger charge is 2.09. The minimum Gasteiger partial charge on any atom is -0.379 e. The molecule has 9 nitrogen and oxygen atoms in total. The smallest absolute Gasteiger partial charge is 0.269 e. The van der Waals surface area contributed by atoms with Gasteiger partial charge in [0, 0.05) is 38.0 Å². The third-order valence-corrected chi connectivity index (χ3v) is 4.78. The zero-order chi connectivity index (χ0) is 21.0. The van der Waals surface area contributed by atoms with Crippen molar-refractivity contribution in [2.75, 3.05) is 39.4 Å². The molecule has 0 aliphatic carbocycles. The zero-order valence-corrected chi connectivity index (χ0v) is 19.7. The number of nitro groups is 1. The van der Waals surface area contributed by atoms with Gasteiger partial charge in [-0.1, -0.05) is 18.2 Å². The van der Waals surface area contributed by atoms with E-state index in [0.29, 0.717) is 19.0 Å². The first-order valence-corrected chi connectivity index (χ1v) is 10.2. The summed E-state index contributed by atoms with van der Waals surface area (Å²) in [6.07, 6.45) is 2.77. The van der Waals surface area contributed by atoms with E-state index in [9.17, 15) is 10.1 Å². The number of ether oxygens (including phenoxy) is 1. The summed E-state index contributed by atoms with van der Waals surface area (Å²) < 4.78 is 5.38. The molecule has 1 aromatic carbocycles. The molecule has 0 spiro atoms. The van der Waals surface area contributed by atoms with Crippen molar-refractivity contribution in [1.29, 1.82) is 0 Å². The van der Waals surface area contributed by atoms with Gasteiger partial charge in [0.05, 0.1) is 36.9 Å². The summed E-state index contributed by atoms with van der Waals surface area (Å²) in [7, 11) is 0. The maximum absolute atomic E-state index is 10.8. The van der Waals surface area contributed by atoms with Crippen LogP contribution in [0.5, 0.6) is 0 Å². The number of hydrogen-bond donors (Lipinski definition) is 2. The van der Waals surface area contributed by atoms with Crippen LogP contribution in [0.2, 0.25) is 0 Å². The maximum atomic E-state index is 10.8. The lowest BCUT2D eigenvalue weighted by molar-refractivity contribution is -0.384. The van der Waals surface area contributed by atoms with Gasteiger partial charge < -0.3 is 15.4 Å². The van der Waals surface area contributed by atoms with E-state index in [1.165, 1.54) is 12.1 Å². The monoisotopic (exact) mass is 540 g/mol. The van der Waals surface area contributed by atoms with Gasteiger partial charge in [-0.3, -0.25) is 20.0 Å². The quantitative estimate of drug-likeness (QED) is 0.126. The average Bonchev–Trinajstić information content (AvgIpc) is 2.79. The van der Waals surface area contributed by atoms with Crippen molar-refractivity contribution in [1.82, 2.24) is 20.5 Å². The number of aromatic nitrogens is 1. The van der Waals surface area contributed by atoms with Crippen molar-refractivity contribution in [3.8, 4) is 0 Å². The molecule has 0 atom stereocenters. The van der Waals surface area contributed by atoms with E-state index in [-0.39, 0.29) is 29.7 Å². The number of guanidine groups is 1. The Morgan fingerprint density at radius 3 is 2.61 bits per heavy atom. The van der Waals surface area contributed by atoms with E-state index in [4.69, 9.17) is 4.74 Å². The molecule has 2 N–H and O–H groups in total. The molecular weight excluding hydrogens is 511 g/mol. The lowest BCUT2D eigenvalue weighted by atomic mass is 10.2. The summed E-state index contributed by atoms with van der Waals surface area (Å²) in [6, 6.07) is 12.3. The van der Waals surface area contributed by atoms with Gasteiger partial charge in [0.15, 0.2) is 5.96 Å². The second-order valence-corrected chi connectivity index (χ2v) is 7.00. The number of non-ortho nitro benzene ring substituents is 1. The van der Waals surface area contributed by atoms with E-state index < -0.39 is 4.92 Å². The van der Waals surface area contributed by atoms with Crippen LogP contribution in [-0.4, -0.2) is 60.2 Å². The number of halogens is 1. The summed E-state index contributed by atoms with van der Waals surface area (Å²) in [5.41, 5.74) is 1.92. The van der Waals surface area contributed by atoms with Crippen LogP contribution >= 0.6 is 24.0 Å². The summed E-state index contributed by atoms with van der Waals surface area (Å²) in [5.74, 6) is 0.695. The normalized spacial score (nSPS) is 14.5.